The van der Waals surface area contributed by atoms with Gasteiger partial charge in [0.25, 0.3) is 0 Å². The zero-order valence-electron chi connectivity index (χ0n) is 23.1. The molecule has 0 aliphatic heterocycles. The fourth-order valence-electron chi connectivity index (χ4n) is 5.34. The van der Waals surface area contributed by atoms with Crippen molar-refractivity contribution in [3.63, 3.8) is 0 Å². The molecule has 1 heteroatoms. The molecule has 0 aromatic heterocycles. The summed E-state index contributed by atoms with van der Waals surface area (Å²) in [5.74, 6) is 0. The molecule has 0 saturated heterocycles. The highest BCUT2D eigenvalue weighted by Crippen LogP contribution is 2.31. The Labute approximate surface area is 238 Å². The van der Waals surface area contributed by atoms with E-state index in [1.807, 2.05) is 0 Å². The van der Waals surface area contributed by atoms with E-state index >= 15 is 0 Å². The van der Waals surface area contributed by atoms with Crippen molar-refractivity contribution in [2.45, 2.75) is 13.3 Å². The minimum Gasteiger partial charge on any atom is -0.345 e. The van der Waals surface area contributed by atoms with Crippen LogP contribution < -0.4 is 4.90 Å². The fraction of sp³-hybridized carbons (Fsp3) is 0.0769. The van der Waals surface area contributed by atoms with E-state index in [-0.39, 0.29) is 0 Å². The number of benzene rings is 6. The van der Waals surface area contributed by atoms with E-state index in [0.29, 0.717) is 0 Å². The number of hydrogen-bond donors (Lipinski definition) is 0. The van der Waals surface area contributed by atoms with Gasteiger partial charge in [-0.15, -0.1) is 0 Å². The molecule has 1 nitrogen and oxygen atoms in total. The molecule has 194 valence electrons. The Kier molecular flexibility index (Phi) is 7.28. The first-order valence-corrected chi connectivity index (χ1v) is 14.0. The zero-order chi connectivity index (χ0) is 27.3. The molecule has 0 heterocycles. The van der Waals surface area contributed by atoms with Gasteiger partial charge in [0.1, 0.15) is 0 Å². The van der Waals surface area contributed by atoms with Gasteiger partial charge in [-0.05, 0) is 80.8 Å². The summed E-state index contributed by atoms with van der Waals surface area (Å²) in [6.07, 6.45) is 1.04. The van der Waals surface area contributed by atoms with E-state index in [4.69, 9.17) is 0 Å². The quantitative estimate of drug-likeness (QED) is 0.204. The van der Waals surface area contributed by atoms with Gasteiger partial charge in [-0.1, -0.05) is 134 Å². The Balaban J connectivity index is 1.15. The van der Waals surface area contributed by atoms with Crippen LogP contribution in [0.1, 0.15) is 12.5 Å². The van der Waals surface area contributed by atoms with Gasteiger partial charge >= 0.3 is 0 Å². The van der Waals surface area contributed by atoms with Crippen LogP contribution in [0.5, 0.6) is 0 Å². The normalized spacial score (nSPS) is 10.8. The Morgan fingerprint density at radius 1 is 0.375 bits per heavy atom. The molecule has 0 unspecified atom stereocenters. The van der Waals surface area contributed by atoms with Crippen LogP contribution in [0.4, 0.5) is 11.4 Å². The van der Waals surface area contributed by atoms with Gasteiger partial charge in [-0.3, -0.25) is 0 Å². The number of nitrogens with zero attached hydrogens (tertiary/aromatic N) is 1. The van der Waals surface area contributed by atoms with Crippen LogP contribution in [0.25, 0.3) is 44.5 Å². The molecule has 6 aromatic carbocycles. The molecule has 6 aromatic rings. The maximum atomic E-state index is 2.24. The first-order valence-electron chi connectivity index (χ1n) is 14.0. The molecular weight excluding hydrogens is 482 g/mol. The zero-order valence-corrected chi connectivity index (χ0v) is 23.1. The summed E-state index contributed by atoms with van der Waals surface area (Å²) in [4.78, 5) is 2.23. The smallest absolute Gasteiger partial charge is 0.0408 e. The molecule has 0 spiro atoms. The number of aryl methyl sites for hydroxylation is 1. The summed E-state index contributed by atoms with van der Waals surface area (Å²) in [7, 11) is 2.12. The highest BCUT2D eigenvalue weighted by molar-refractivity contribution is 5.75. The molecule has 0 amide bonds. The third-order valence-electron chi connectivity index (χ3n) is 7.76. The Bertz CT molecular complexity index is 1680. The van der Waals surface area contributed by atoms with Crippen LogP contribution in [-0.2, 0) is 6.42 Å². The Hall–Kier alpha value is -4.88. The van der Waals surface area contributed by atoms with E-state index in [9.17, 15) is 0 Å². The van der Waals surface area contributed by atoms with Crippen LogP contribution in [0.3, 0.4) is 0 Å². The molecular formula is C39H33N. The van der Waals surface area contributed by atoms with E-state index < -0.39 is 0 Å². The number of anilines is 2. The first kappa shape index (κ1) is 25.4. The van der Waals surface area contributed by atoms with Gasteiger partial charge in [-0.25, -0.2) is 0 Å². The Morgan fingerprint density at radius 2 is 0.725 bits per heavy atom. The largest absolute Gasteiger partial charge is 0.345 e. The molecule has 0 aliphatic rings. The van der Waals surface area contributed by atoms with Gasteiger partial charge in [0, 0.05) is 18.4 Å². The minimum atomic E-state index is 1.04. The molecule has 0 aliphatic carbocycles. The predicted molar refractivity (Wildman–Crippen MR) is 172 cm³/mol. The maximum Gasteiger partial charge on any atom is 0.0408 e. The molecule has 0 atom stereocenters. The lowest BCUT2D eigenvalue weighted by molar-refractivity contribution is 1.14. The second-order valence-corrected chi connectivity index (χ2v) is 10.2. The van der Waals surface area contributed by atoms with Gasteiger partial charge in [0.05, 0.1) is 0 Å². The van der Waals surface area contributed by atoms with E-state index in [2.05, 4.69) is 171 Å². The standard InChI is InChI=1S/C39H33N/c1-3-29-9-7-8-12-39(29)36-19-17-33(18-20-36)35-23-27-38(28-24-35)40(2)37-25-21-34(22-26-37)32-15-13-31(14-16-32)30-10-5-4-6-11-30/h4-28H,3H2,1-2H3. The Morgan fingerprint density at radius 3 is 1.18 bits per heavy atom. The third kappa shape index (κ3) is 5.32. The lowest BCUT2D eigenvalue weighted by Gasteiger charge is -2.20. The van der Waals surface area contributed by atoms with Gasteiger partial charge in [0.15, 0.2) is 0 Å². The number of rotatable bonds is 7. The van der Waals surface area contributed by atoms with Crippen molar-refractivity contribution in [1.82, 2.24) is 0 Å². The summed E-state index contributed by atoms with van der Waals surface area (Å²) in [6, 6.07) is 54.5. The van der Waals surface area contributed by atoms with Crippen molar-refractivity contribution in [3.8, 4) is 44.5 Å². The summed E-state index contributed by atoms with van der Waals surface area (Å²) in [6.45, 7) is 2.21. The predicted octanol–water partition coefficient (Wildman–Crippen LogP) is 10.7. The molecule has 0 fully saturated rings. The third-order valence-corrected chi connectivity index (χ3v) is 7.76. The maximum absolute atomic E-state index is 2.24. The molecule has 40 heavy (non-hydrogen) atoms. The number of hydrogen-bond acceptors (Lipinski definition) is 1. The van der Waals surface area contributed by atoms with Gasteiger partial charge < -0.3 is 4.90 Å². The average molecular weight is 516 g/mol. The van der Waals surface area contributed by atoms with Gasteiger partial charge in [0.2, 0.25) is 0 Å². The first-order chi connectivity index (χ1) is 19.7. The molecule has 0 saturated carbocycles. The molecule has 0 bridgehead atoms. The fourth-order valence-corrected chi connectivity index (χ4v) is 5.34. The monoisotopic (exact) mass is 515 g/mol. The minimum absolute atomic E-state index is 1.04. The van der Waals surface area contributed by atoms with Crippen LogP contribution in [0.2, 0.25) is 0 Å². The SMILES string of the molecule is CCc1ccccc1-c1ccc(-c2ccc(N(C)c3ccc(-c4ccc(-c5ccccc5)cc4)cc3)cc2)cc1. The van der Waals surface area contributed by atoms with Crippen molar-refractivity contribution in [2.24, 2.45) is 0 Å². The molecule has 0 radical (unpaired) electrons. The average Bonchev–Trinajstić information content (AvgIpc) is 3.05. The lowest BCUT2D eigenvalue weighted by atomic mass is 9.96. The van der Waals surface area contributed by atoms with Gasteiger partial charge in [-0.2, -0.15) is 0 Å². The molecule has 6 rings (SSSR count). The highest BCUT2D eigenvalue weighted by atomic mass is 15.1. The van der Waals surface area contributed by atoms with E-state index in [0.717, 1.165) is 17.8 Å². The van der Waals surface area contributed by atoms with Crippen molar-refractivity contribution in [3.05, 3.63) is 157 Å². The highest BCUT2D eigenvalue weighted by Gasteiger charge is 2.08. The summed E-state index contributed by atoms with van der Waals surface area (Å²) >= 11 is 0. The van der Waals surface area contributed by atoms with Crippen LogP contribution in [0, 0.1) is 0 Å². The van der Waals surface area contributed by atoms with Crippen molar-refractivity contribution in [2.75, 3.05) is 11.9 Å². The van der Waals surface area contributed by atoms with E-state index in [1.165, 1.54) is 50.1 Å². The van der Waals surface area contributed by atoms with Crippen LogP contribution >= 0.6 is 0 Å². The van der Waals surface area contributed by atoms with E-state index in [1.54, 1.807) is 0 Å². The topological polar surface area (TPSA) is 3.24 Å². The van der Waals surface area contributed by atoms with Crippen LogP contribution in [-0.4, -0.2) is 7.05 Å². The van der Waals surface area contributed by atoms with Crippen molar-refractivity contribution in [1.29, 1.82) is 0 Å². The van der Waals surface area contributed by atoms with Crippen molar-refractivity contribution >= 4 is 11.4 Å². The summed E-state index contributed by atoms with van der Waals surface area (Å²) in [5, 5.41) is 0. The lowest BCUT2D eigenvalue weighted by Crippen LogP contribution is -2.08. The van der Waals surface area contributed by atoms with Crippen molar-refractivity contribution < 1.29 is 0 Å². The second-order valence-electron chi connectivity index (χ2n) is 10.2. The summed E-state index contributed by atoms with van der Waals surface area (Å²) in [5.41, 5.74) is 13.7. The summed E-state index contributed by atoms with van der Waals surface area (Å²) < 4.78 is 0. The molecule has 0 N–H and O–H groups in total. The van der Waals surface area contributed by atoms with Crippen LogP contribution in [0.15, 0.2) is 152 Å². The second kappa shape index (κ2) is 11.5.